The van der Waals surface area contributed by atoms with Gasteiger partial charge in [0.05, 0.1) is 17.7 Å². The fraction of sp³-hybridized carbons (Fsp3) is 0.238. The number of aromatic nitrogens is 2. The summed E-state index contributed by atoms with van der Waals surface area (Å²) in [7, 11) is 0. The molecule has 0 radical (unpaired) electrons. The lowest BCUT2D eigenvalue weighted by Crippen LogP contribution is -2.33. The minimum absolute atomic E-state index is 0.104. The van der Waals surface area contributed by atoms with Crippen molar-refractivity contribution < 1.29 is 9.53 Å². The van der Waals surface area contributed by atoms with Crippen molar-refractivity contribution in [3.8, 4) is 5.75 Å². The molecule has 0 fully saturated rings. The predicted octanol–water partition coefficient (Wildman–Crippen LogP) is 2.42. The molecule has 138 valence electrons. The number of benzene rings is 2. The second-order valence-electron chi connectivity index (χ2n) is 6.80. The molecule has 2 heterocycles. The van der Waals surface area contributed by atoms with E-state index in [1.807, 2.05) is 30.3 Å². The normalized spacial score (nSPS) is 16.7. The largest absolute Gasteiger partial charge is 0.484 e. The van der Waals surface area contributed by atoms with Crippen LogP contribution in [-0.4, -0.2) is 33.9 Å². The standard InChI is InChI=1S/C21H22N4O2/c22-20(26)13-27-17-8-6-15(7-9-17)10-25-11-18(16-4-2-1-3-5-16)21-19(12-25)23-14-24-21/h1-9,14,18H,10-13H2,(H2,22,26)(H,23,24). The summed E-state index contributed by atoms with van der Waals surface area (Å²) in [5.41, 5.74) is 9.90. The van der Waals surface area contributed by atoms with Crippen molar-refractivity contribution in [2.24, 2.45) is 5.73 Å². The van der Waals surface area contributed by atoms with Crippen LogP contribution in [0.25, 0.3) is 0 Å². The van der Waals surface area contributed by atoms with Crippen molar-refractivity contribution in [2.75, 3.05) is 13.2 Å². The molecular weight excluding hydrogens is 340 g/mol. The Morgan fingerprint density at radius 1 is 1.19 bits per heavy atom. The van der Waals surface area contributed by atoms with Crippen LogP contribution in [0.4, 0.5) is 0 Å². The number of ether oxygens (including phenoxy) is 1. The fourth-order valence-electron chi connectivity index (χ4n) is 3.56. The van der Waals surface area contributed by atoms with Gasteiger partial charge in [0.25, 0.3) is 5.91 Å². The Morgan fingerprint density at radius 3 is 2.70 bits per heavy atom. The van der Waals surface area contributed by atoms with Gasteiger partial charge in [-0.3, -0.25) is 9.69 Å². The number of H-pyrrole nitrogens is 1. The molecule has 2 aromatic carbocycles. The van der Waals surface area contributed by atoms with Crippen LogP contribution >= 0.6 is 0 Å². The first-order valence-corrected chi connectivity index (χ1v) is 8.98. The first kappa shape index (κ1) is 17.3. The number of carbonyl (C=O) groups is 1. The zero-order chi connectivity index (χ0) is 18.6. The number of aromatic amines is 1. The molecule has 1 atom stereocenters. The third kappa shape index (κ3) is 4.01. The first-order chi connectivity index (χ1) is 13.2. The zero-order valence-electron chi connectivity index (χ0n) is 15.0. The lowest BCUT2D eigenvalue weighted by atomic mass is 9.91. The van der Waals surface area contributed by atoms with Crippen LogP contribution in [0.15, 0.2) is 60.9 Å². The Hall–Kier alpha value is -3.12. The summed E-state index contributed by atoms with van der Waals surface area (Å²) in [6.07, 6.45) is 1.79. The second-order valence-corrected chi connectivity index (χ2v) is 6.80. The number of nitrogens with two attached hydrogens (primary N) is 1. The molecule has 0 spiro atoms. The summed E-state index contributed by atoms with van der Waals surface area (Å²) in [4.78, 5) is 21.1. The highest BCUT2D eigenvalue weighted by Gasteiger charge is 2.28. The molecule has 3 aromatic rings. The Bertz CT molecular complexity index is 905. The molecule has 1 aliphatic heterocycles. The van der Waals surface area contributed by atoms with Crippen LogP contribution in [0.5, 0.6) is 5.75 Å². The SMILES string of the molecule is NC(=O)COc1ccc(CN2Cc3[nH]cnc3C(c3ccccc3)C2)cc1. The van der Waals surface area contributed by atoms with Gasteiger partial charge in [0.2, 0.25) is 0 Å². The smallest absolute Gasteiger partial charge is 0.255 e. The van der Waals surface area contributed by atoms with Crippen molar-refractivity contribution in [3.63, 3.8) is 0 Å². The number of primary amides is 1. The first-order valence-electron chi connectivity index (χ1n) is 8.98. The van der Waals surface area contributed by atoms with Gasteiger partial charge in [0, 0.05) is 25.6 Å². The highest BCUT2D eigenvalue weighted by atomic mass is 16.5. The minimum atomic E-state index is -0.477. The van der Waals surface area contributed by atoms with Crippen LogP contribution in [-0.2, 0) is 17.9 Å². The summed E-state index contributed by atoms with van der Waals surface area (Å²) in [6.45, 7) is 2.49. The summed E-state index contributed by atoms with van der Waals surface area (Å²) < 4.78 is 5.32. The number of nitrogens with zero attached hydrogens (tertiary/aromatic N) is 2. The Balaban J connectivity index is 1.48. The van der Waals surface area contributed by atoms with Crippen LogP contribution in [0.3, 0.4) is 0 Å². The van der Waals surface area contributed by atoms with Gasteiger partial charge in [-0.2, -0.15) is 0 Å². The van der Waals surface area contributed by atoms with Gasteiger partial charge in [-0.05, 0) is 23.3 Å². The van der Waals surface area contributed by atoms with Crippen LogP contribution < -0.4 is 10.5 Å². The van der Waals surface area contributed by atoms with Crippen molar-refractivity contribution in [2.45, 2.75) is 19.0 Å². The molecule has 0 saturated carbocycles. The third-order valence-electron chi connectivity index (χ3n) is 4.82. The van der Waals surface area contributed by atoms with E-state index in [2.05, 4.69) is 39.1 Å². The van der Waals surface area contributed by atoms with E-state index in [9.17, 15) is 4.79 Å². The van der Waals surface area contributed by atoms with E-state index in [-0.39, 0.29) is 12.5 Å². The number of imidazole rings is 1. The molecule has 6 heteroatoms. The van der Waals surface area contributed by atoms with Crippen LogP contribution in [0, 0.1) is 0 Å². The van der Waals surface area contributed by atoms with Crippen molar-refractivity contribution in [1.82, 2.24) is 14.9 Å². The Labute approximate surface area is 158 Å². The van der Waals surface area contributed by atoms with Gasteiger partial charge in [-0.25, -0.2) is 4.98 Å². The Morgan fingerprint density at radius 2 is 1.96 bits per heavy atom. The highest BCUT2D eigenvalue weighted by molar-refractivity contribution is 5.75. The number of amides is 1. The number of rotatable bonds is 6. The average Bonchev–Trinajstić information content (AvgIpc) is 3.16. The lowest BCUT2D eigenvalue weighted by Gasteiger charge is -2.32. The molecule has 1 aliphatic rings. The van der Waals surface area contributed by atoms with Gasteiger partial charge in [-0.1, -0.05) is 42.5 Å². The minimum Gasteiger partial charge on any atom is -0.484 e. The molecule has 1 aromatic heterocycles. The van der Waals surface area contributed by atoms with Gasteiger partial charge < -0.3 is 15.5 Å². The van der Waals surface area contributed by atoms with E-state index < -0.39 is 5.91 Å². The summed E-state index contributed by atoms with van der Waals surface area (Å²) in [5, 5.41) is 0. The van der Waals surface area contributed by atoms with E-state index >= 15 is 0 Å². The Kier molecular flexibility index (Phi) is 4.89. The molecule has 1 amide bonds. The number of hydrogen-bond donors (Lipinski definition) is 2. The maximum absolute atomic E-state index is 10.8. The van der Waals surface area contributed by atoms with Crippen molar-refractivity contribution >= 4 is 5.91 Å². The quantitative estimate of drug-likeness (QED) is 0.705. The molecule has 4 rings (SSSR count). The molecule has 3 N–H and O–H groups in total. The third-order valence-corrected chi connectivity index (χ3v) is 4.82. The fourth-order valence-corrected chi connectivity index (χ4v) is 3.56. The molecule has 0 bridgehead atoms. The van der Waals surface area contributed by atoms with Crippen LogP contribution in [0.2, 0.25) is 0 Å². The topological polar surface area (TPSA) is 84.2 Å². The predicted molar refractivity (Wildman–Crippen MR) is 102 cm³/mol. The summed E-state index contributed by atoms with van der Waals surface area (Å²) >= 11 is 0. The average molecular weight is 362 g/mol. The lowest BCUT2D eigenvalue weighted by molar-refractivity contribution is -0.119. The number of carbonyl (C=O) groups excluding carboxylic acids is 1. The van der Waals surface area contributed by atoms with Gasteiger partial charge >= 0.3 is 0 Å². The molecule has 1 unspecified atom stereocenters. The monoisotopic (exact) mass is 362 g/mol. The molecule has 6 nitrogen and oxygen atoms in total. The van der Waals surface area contributed by atoms with Crippen molar-refractivity contribution in [3.05, 3.63) is 83.4 Å². The summed E-state index contributed by atoms with van der Waals surface area (Å²) in [5.74, 6) is 0.434. The van der Waals surface area contributed by atoms with Crippen LogP contribution in [0.1, 0.15) is 28.4 Å². The van der Waals surface area contributed by atoms with Crippen molar-refractivity contribution in [1.29, 1.82) is 0 Å². The summed E-state index contributed by atoms with van der Waals surface area (Å²) in [6, 6.07) is 18.3. The van der Waals surface area contributed by atoms with E-state index in [1.54, 1.807) is 6.33 Å². The maximum Gasteiger partial charge on any atom is 0.255 e. The molecule has 0 aliphatic carbocycles. The van der Waals surface area contributed by atoms with E-state index in [1.165, 1.54) is 16.8 Å². The number of hydrogen-bond acceptors (Lipinski definition) is 4. The maximum atomic E-state index is 10.8. The second kappa shape index (κ2) is 7.63. The van der Waals surface area contributed by atoms with E-state index in [0.29, 0.717) is 5.75 Å². The van der Waals surface area contributed by atoms with E-state index in [0.717, 1.165) is 25.3 Å². The zero-order valence-corrected chi connectivity index (χ0v) is 15.0. The number of fused-ring (bicyclic) bond motifs is 1. The highest BCUT2D eigenvalue weighted by Crippen LogP contribution is 2.32. The van der Waals surface area contributed by atoms with Gasteiger partial charge in [0.15, 0.2) is 6.61 Å². The van der Waals surface area contributed by atoms with E-state index in [4.69, 9.17) is 10.5 Å². The molecule has 0 saturated heterocycles. The van der Waals surface area contributed by atoms with Gasteiger partial charge in [-0.15, -0.1) is 0 Å². The van der Waals surface area contributed by atoms with Gasteiger partial charge in [0.1, 0.15) is 5.75 Å². The molecular formula is C21H22N4O2. The molecule has 27 heavy (non-hydrogen) atoms. The number of nitrogens with one attached hydrogen (secondary N) is 1.